The predicted octanol–water partition coefficient (Wildman–Crippen LogP) is 2.91. The van der Waals surface area contributed by atoms with Gasteiger partial charge >= 0.3 is 0 Å². The van der Waals surface area contributed by atoms with Gasteiger partial charge in [-0.25, -0.2) is 4.98 Å². The first-order chi connectivity index (χ1) is 8.22. The quantitative estimate of drug-likeness (QED) is 0.834. The zero-order valence-corrected chi connectivity index (χ0v) is 10.4. The molecule has 2 aromatic rings. The Morgan fingerprint density at radius 2 is 2.35 bits per heavy atom. The number of para-hydroxylation sites is 1. The number of rotatable bonds is 5. The molecule has 0 radical (unpaired) electrons. The van der Waals surface area contributed by atoms with Crippen LogP contribution in [0.3, 0.4) is 0 Å². The van der Waals surface area contributed by atoms with Crippen LogP contribution in [0.5, 0.6) is 0 Å². The highest BCUT2D eigenvalue weighted by Gasteiger charge is 2.14. The zero-order valence-electron chi connectivity index (χ0n) is 9.65. The van der Waals surface area contributed by atoms with Crippen molar-refractivity contribution in [1.29, 1.82) is 0 Å². The van der Waals surface area contributed by atoms with Crippen molar-refractivity contribution in [3.63, 3.8) is 0 Å². The third-order valence-corrected chi connectivity index (χ3v) is 2.86. The standard InChI is InChI=1S/C12H15ClN2O2/c1-16-7-3-5-9(14)12-15-10-6-2-4-8(13)11(10)17-12/h2,4,6,9H,3,5,7,14H2,1H3. The average molecular weight is 255 g/mol. The second kappa shape index (κ2) is 5.49. The Kier molecular flexibility index (Phi) is 3.99. The molecular formula is C12H15ClN2O2. The van der Waals surface area contributed by atoms with E-state index < -0.39 is 0 Å². The first-order valence-corrected chi connectivity index (χ1v) is 5.89. The van der Waals surface area contributed by atoms with Gasteiger partial charge in [0.2, 0.25) is 5.89 Å². The molecule has 0 bridgehead atoms. The lowest BCUT2D eigenvalue weighted by molar-refractivity contribution is 0.189. The third-order valence-electron chi connectivity index (χ3n) is 2.56. The van der Waals surface area contributed by atoms with Crippen LogP contribution in [0.2, 0.25) is 5.02 Å². The van der Waals surface area contributed by atoms with Crippen molar-refractivity contribution < 1.29 is 9.15 Å². The van der Waals surface area contributed by atoms with Crippen LogP contribution >= 0.6 is 11.6 Å². The van der Waals surface area contributed by atoms with Crippen molar-refractivity contribution >= 4 is 22.7 Å². The highest BCUT2D eigenvalue weighted by molar-refractivity contribution is 6.34. The maximum atomic E-state index is 6.01. The summed E-state index contributed by atoms with van der Waals surface area (Å²) in [6.07, 6.45) is 1.66. The first-order valence-electron chi connectivity index (χ1n) is 5.52. The molecule has 1 atom stereocenters. The van der Waals surface area contributed by atoms with Gasteiger partial charge in [0, 0.05) is 13.7 Å². The molecule has 0 saturated carbocycles. The van der Waals surface area contributed by atoms with E-state index in [-0.39, 0.29) is 6.04 Å². The fourth-order valence-corrected chi connectivity index (χ4v) is 1.87. The molecule has 0 fully saturated rings. The van der Waals surface area contributed by atoms with Gasteiger partial charge in [-0.15, -0.1) is 0 Å². The molecule has 0 aliphatic carbocycles. The van der Waals surface area contributed by atoms with Gasteiger partial charge in [-0.1, -0.05) is 17.7 Å². The monoisotopic (exact) mass is 254 g/mol. The van der Waals surface area contributed by atoms with E-state index >= 15 is 0 Å². The van der Waals surface area contributed by atoms with E-state index in [1.165, 1.54) is 0 Å². The summed E-state index contributed by atoms with van der Waals surface area (Å²) in [4.78, 5) is 4.34. The van der Waals surface area contributed by atoms with Gasteiger partial charge in [-0.2, -0.15) is 0 Å². The summed E-state index contributed by atoms with van der Waals surface area (Å²) < 4.78 is 10.6. The smallest absolute Gasteiger partial charge is 0.212 e. The minimum absolute atomic E-state index is 0.214. The Hall–Kier alpha value is -1.10. The SMILES string of the molecule is COCCCC(N)c1nc2cccc(Cl)c2o1. The average Bonchev–Trinajstić information content (AvgIpc) is 2.75. The van der Waals surface area contributed by atoms with E-state index in [9.17, 15) is 0 Å². The molecule has 1 heterocycles. The van der Waals surface area contributed by atoms with Crippen LogP contribution in [0.15, 0.2) is 22.6 Å². The van der Waals surface area contributed by atoms with Gasteiger partial charge < -0.3 is 14.9 Å². The van der Waals surface area contributed by atoms with Crippen molar-refractivity contribution in [3.05, 3.63) is 29.1 Å². The van der Waals surface area contributed by atoms with E-state index in [4.69, 9.17) is 26.5 Å². The molecule has 0 amide bonds. The Labute approximate surface area is 105 Å². The lowest BCUT2D eigenvalue weighted by Crippen LogP contribution is -2.11. The second-order valence-corrected chi connectivity index (χ2v) is 4.29. The van der Waals surface area contributed by atoms with E-state index in [0.29, 0.717) is 23.1 Å². The Morgan fingerprint density at radius 1 is 1.53 bits per heavy atom. The summed E-state index contributed by atoms with van der Waals surface area (Å²) in [5.41, 5.74) is 7.34. The van der Waals surface area contributed by atoms with Gasteiger partial charge in [0.1, 0.15) is 5.52 Å². The molecule has 92 valence electrons. The number of ether oxygens (including phenoxy) is 1. The summed E-state index contributed by atoms with van der Waals surface area (Å²) in [5, 5.41) is 0.561. The first kappa shape index (κ1) is 12.4. The van der Waals surface area contributed by atoms with E-state index in [2.05, 4.69) is 4.98 Å². The zero-order chi connectivity index (χ0) is 12.3. The summed E-state index contributed by atoms with van der Waals surface area (Å²) in [7, 11) is 1.67. The number of nitrogens with zero attached hydrogens (tertiary/aromatic N) is 1. The molecule has 5 heteroatoms. The predicted molar refractivity (Wildman–Crippen MR) is 67.1 cm³/mol. The van der Waals surface area contributed by atoms with Crippen molar-refractivity contribution in [1.82, 2.24) is 4.98 Å². The highest BCUT2D eigenvalue weighted by atomic mass is 35.5. The van der Waals surface area contributed by atoms with Crippen LogP contribution in [0, 0.1) is 0 Å². The second-order valence-electron chi connectivity index (χ2n) is 3.88. The molecule has 1 aromatic carbocycles. The summed E-state index contributed by atoms with van der Waals surface area (Å²) in [5.74, 6) is 0.532. The summed E-state index contributed by atoms with van der Waals surface area (Å²) in [6, 6.07) is 5.26. The van der Waals surface area contributed by atoms with E-state index in [1.54, 1.807) is 13.2 Å². The lowest BCUT2D eigenvalue weighted by Gasteiger charge is -2.05. The van der Waals surface area contributed by atoms with Crippen molar-refractivity contribution in [2.24, 2.45) is 5.73 Å². The molecule has 17 heavy (non-hydrogen) atoms. The molecular weight excluding hydrogens is 240 g/mol. The number of benzene rings is 1. The Balaban J connectivity index is 2.16. The fourth-order valence-electron chi connectivity index (χ4n) is 1.66. The topological polar surface area (TPSA) is 61.3 Å². The lowest BCUT2D eigenvalue weighted by atomic mass is 10.2. The van der Waals surface area contributed by atoms with E-state index in [0.717, 1.165) is 18.4 Å². The van der Waals surface area contributed by atoms with Gasteiger partial charge in [0.25, 0.3) is 0 Å². The van der Waals surface area contributed by atoms with Crippen LogP contribution in [0.1, 0.15) is 24.8 Å². The molecule has 2 rings (SSSR count). The number of hydrogen-bond donors (Lipinski definition) is 1. The number of methoxy groups -OCH3 is 1. The minimum Gasteiger partial charge on any atom is -0.437 e. The molecule has 2 N–H and O–H groups in total. The maximum Gasteiger partial charge on any atom is 0.212 e. The number of aromatic nitrogens is 1. The fraction of sp³-hybridized carbons (Fsp3) is 0.417. The van der Waals surface area contributed by atoms with Crippen molar-refractivity contribution in [2.75, 3.05) is 13.7 Å². The highest BCUT2D eigenvalue weighted by Crippen LogP contribution is 2.26. The summed E-state index contributed by atoms with van der Waals surface area (Å²) >= 11 is 6.01. The molecule has 1 unspecified atom stereocenters. The molecule has 0 saturated heterocycles. The number of oxazole rings is 1. The van der Waals surface area contributed by atoms with Crippen LogP contribution in [-0.2, 0) is 4.74 Å². The van der Waals surface area contributed by atoms with Crippen LogP contribution < -0.4 is 5.73 Å². The molecule has 4 nitrogen and oxygen atoms in total. The minimum atomic E-state index is -0.214. The number of hydrogen-bond acceptors (Lipinski definition) is 4. The Bertz CT molecular complexity index is 498. The number of halogens is 1. The molecule has 1 aromatic heterocycles. The molecule has 0 aliphatic rings. The Morgan fingerprint density at radius 3 is 3.06 bits per heavy atom. The number of nitrogens with two attached hydrogens (primary N) is 1. The van der Waals surface area contributed by atoms with Gasteiger partial charge in [0.15, 0.2) is 5.58 Å². The van der Waals surface area contributed by atoms with Gasteiger partial charge in [-0.3, -0.25) is 0 Å². The van der Waals surface area contributed by atoms with Crippen molar-refractivity contribution in [2.45, 2.75) is 18.9 Å². The third kappa shape index (κ3) is 2.77. The van der Waals surface area contributed by atoms with Crippen LogP contribution in [-0.4, -0.2) is 18.7 Å². The van der Waals surface area contributed by atoms with Gasteiger partial charge in [0.05, 0.1) is 11.1 Å². The van der Waals surface area contributed by atoms with E-state index in [1.807, 2.05) is 12.1 Å². The molecule has 0 spiro atoms. The summed E-state index contributed by atoms with van der Waals surface area (Å²) in [6.45, 7) is 0.689. The number of fused-ring (bicyclic) bond motifs is 1. The largest absolute Gasteiger partial charge is 0.437 e. The molecule has 0 aliphatic heterocycles. The van der Waals surface area contributed by atoms with Gasteiger partial charge in [-0.05, 0) is 25.0 Å². The maximum absolute atomic E-state index is 6.01. The van der Waals surface area contributed by atoms with Crippen molar-refractivity contribution in [3.8, 4) is 0 Å². The van der Waals surface area contributed by atoms with Crippen LogP contribution in [0.25, 0.3) is 11.1 Å². The van der Waals surface area contributed by atoms with Crippen LogP contribution in [0.4, 0.5) is 0 Å². The normalized spacial score (nSPS) is 13.1.